The molecule has 4 aliphatic rings. The van der Waals surface area contributed by atoms with E-state index < -0.39 is 62.6 Å². The maximum atomic E-state index is 14.3. The molecule has 0 unspecified atom stereocenters. The number of aliphatic hydroxyl groups excluding tert-OH is 2. The molecule has 0 saturated heterocycles. The third kappa shape index (κ3) is 4.00. The van der Waals surface area contributed by atoms with Crippen molar-refractivity contribution in [2.24, 2.45) is 39.4 Å². The average Bonchev–Trinajstić information content (AvgIpc) is 3.01. The molecule has 40 heavy (non-hydrogen) atoms. The molecule has 3 N–H and O–H groups in total. The first-order chi connectivity index (χ1) is 18.1. The van der Waals surface area contributed by atoms with E-state index in [1.54, 1.807) is 27.7 Å². The van der Waals surface area contributed by atoms with Gasteiger partial charge in [-0.05, 0) is 82.4 Å². The van der Waals surface area contributed by atoms with E-state index in [-0.39, 0.29) is 36.1 Å². The second-order valence-electron chi connectivity index (χ2n) is 14.4. The molecule has 220 valence electrons. The van der Waals surface area contributed by atoms with E-state index in [1.165, 1.54) is 32.1 Å². The zero-order valence-corrected chi connectivity index (χ0v) is 25.1. The zero-order valence-electron chi connectivity index (χ0n) is 25.1. The maximum Gasteiger partial charge on any atom is 0.303 e. The summed E-state index contributed by atoms with van der Waals surface area (Å²) in [7, 11) is 0. The molecule has 4 aliphatic carbocycles. The molecule has 0 aromatic carbocycles. The summed E-state index contributed by atoms with van der Waals surface area (Å²) < 4.78 is 5.22. The minimum absolute atomic E-state index is 0.0249. The van der Waals surface area contributed by atoms with Gasteiger partial charge in [0.2, 0.25) is 5.78 Å². The maximum absolute atomic E-state index is 14.3. The Morgan fingerprint density at radius 3 is 2.25 bits per heavy atom. The highest BCUT2D eigenvalue weighted by atomic mass is 16.6. The number of allylic oxidation sites excluding steroid dienone is 4. The number of rotatable bonds is 5. The molecular formula is C32H44O8. The third-order valence-corrected chi connectivity index (χ3v) is 11.2. The van der Waals surface area contributed by atoms with Crippen LogP contribution in [0.25, 0.3) is 0 Å². The number of hydrogen-bond acceptors (Lipinski definition) is 8. The van der Waals surface area contributed by atoms with Crippen LogP contribution in [0, 0.1) is 39.4 Å². The van der Waals surface area contributed by atoms with Crippen LogP contribution >= 0.6 is 0 Å². The highest BCUT2D eigenvalue weighted by molar-refractivity contribution is 6.02. The quantitative estimate of drug-likeness (QED) is 0.260. The SMILES string of the molecule is CC(=O)OC(C)(C)/C=C/C(=O)[C@](C)(O)[C@@H]1[C@H](O)C[C@]2(C)[C@@H]3CC=C4[C@H](C=C(O)C(=O)C4(C)C)[C@]3(C)C(=O)C[C@@]12C. The Bertz CT molecular complexity index is 1270. The second kappa shape index (κ2) is 8.96. The third-order valence-electron chi connectivity index (χ3n) is 11.2. The summed E-state index contributed by atoms with van der Waals surface area (Å²) in [6, 6.07) is 0. The van der Waals surface area contributed by atoms with Crippen LogP contribution in [0.5, 0.6) is 0 Å². The van der Waals surface area contributed by atoms with Crippen LogP contribution in [-0.2, 0) is 23.9 Å². The van der Waals surface area contributed by atoms with Crippen LogP contribution in [-0.4, -0.2) is 55.9 Å². The molecular weight excluding hydrogens is 512 g/mol. The van der Waals surface area contributed by atoms with Gasteiger partial charge in [-0.15, -0.1) is 0 Å². The number of aliphatic hydroxyl groups is 3. The van der Waals surface area contributed by atoms with Crippen molar-refractivity contribution in [1.82, 2.24) is 0 Å². The Morgan fingerprint density at radius 1 is 1.07 bits per heavy atom. The van der Waals surface area contributed by atoms with Gasteiger partial charge in [0.15, 0.2) is 11.5 Å². The van der Waals surface area contributed by atoms with Crippen LogP contribution in [0.1, 0.15) is 81.6 Å². The molecule has 0 amide bonds. The lowest BCUT2D eigenvalue weighted by molar-refractivity contribution is -0.179. The first kappa shape index (κ1) is 30.4. The number of carbonyl (C=O) groups is 4. The van der Waals surface area contributed by atoms with Crippen LogP contribution in [0.2, 0.25) is 0 Å². The van der Waals surface area contributed by atoms with Gasteiger partial charge in [0.1, 0.15) is 17.0 Å². The standard InChI is InChI=1S/C32H44O8/c1-17(33)40-27(2,3)13-12-23(36)32(9,39)25-21(35)15-29(6)22-11-10-18-19(14-20(34)26(38)28(18,4)5)31(22,8)24(37)16-30(25,29)7/h10,12-14,19,21-22,25,34-35,39H,11,15-16H2,1-9H3/b13-12+/t19-,21+,22-,25+,29+,30-,31-,32-/m0/s1. The molecule has 4 rings (SSSR count). The Hall–Kier alpha value is -2.58. The number of hydrogen-bond donors (Lipinski definition) is 3. The topological polar surface area (TPSA) is 138 Å². The number of ketones is 3. The Morgan fingerprint density at radius 2 is 1.68 bits per heavy atom. The molecule has 0 aliphatic heterocycles. The minimum Gasteiger partial charge on any atom is -0.505 e. The van der Waals surface area contributed by atoms with Gasteiger partial charge in [-0.2, -0.15) is 0 Å². The first-order valence-corrected chi connectivity index (χ1v) is 14.1. The van der Waals surface area contributed by atoms with E-state index in [2.05, 4.69) is 0 Å². The van der Waals surface area contributed by atoms with E-state index >= 15 is 0 Å². The largest absolute Gasteiger partial charge is 0.505 e. The predicted octanol–water partition coefficient (Wildman–Crippen LogP) is 4.19. The molecule has 2 fully saturated rings. The van der Waals surface area contributed by atoms with Crippen molar-refractivity contribution in [2.75, 3.05) is 0 Å². The molecule has 0 aromatic heterocycles. The molecule has 0 aromatic rings. The Kier molecular flexibility index (Phi) is 6.80. The predicted molar refractivity (Wildman–Crippen MR) is 148 cm³/mol. The van der Waals surface area contributed by atoms with Gasteiger partial charge in [-0.25, -0.2) is 0 Å². The van der Waals surface area contributed by atoms with Gasteiger partial charge < -0.3 is 20.1 Å². The number of Topliss-reactive ketones (excluding diaryl/α,β-unsaturated/α-hetero) is 2. The van der Waals surface area contributed by atoms with Crippen molar-refractivity contribution in [3.05, 3.63) is 35.6 Å². The molecule has 0 bridgehead atoms. The number of esters is 1. The van der Waals surface area contributed by atoms with Crippen LogP contribution in [0.3, 0.4) is 0 Å². The van der Waals surface area contributed by atoms with Crippen molar-refractivity contribution in [2.45, 2.75) is 98.9 Å². The summed E-state index contributed by atoms with van der Waals surface area (Å²) in [5.74, 6) is -3.61. The van der Waals surface area contributed by atoms with Crippen molar-refractivity contribution in [1.29, 1.82) is 0 Å². The highest BCUT2D eigenvalue weighted by Gasteiger charge is 2.74. The first-order valence-electron chi connectivity index (χ1n) is 14.1. The monoisotopic (exact) mass is 556 g/mol. The fourth-order valence-corrected chi connectivity index (χ4v) is 8.98. The van der Waals surface area contributed by atoms with E-state index in [9.17, 15) is 34.5 Å². The summed E-state index contributed by atoms with van der Waals surface area (Å²) in [6.07, 6.45) is 5.89. The number of carbonyl (C=O) groups excluding carboxylic acids is 4. The highest BCUT2D eigenvalue weighted by Crippen LogP contribution is 2.73. The van der Waals surface area contributed by atoms with E-state index in [1.807, 2.05) is 26.8 Å². The number of fused-ring (bicyclic) bond motifs is 5. The number of ether oxygens (including phenoxy) is 1. The van der Waals surface area contributed by atoms with Gasteiger partial charge in [0.05, 0.1) is 11.5 Å². The van der Waals surface area contributed by atoms with Gasteiger partial charge in [0, 0.05) is 30.6 Å². The molecule has 0 spiro atoms. The van der Waals surface area contributed by atoms with Crippen molar-refractivity contribution in [3.63, 3.8) is 0 Å². The van der Waals surface area contributed by atoms with E-state index in [0.717, 1.165) is 5.57 Å². The fourth-order valence-electron chi connectivity index (χ4n) is 8.98. The van der Waals surface area contributed by atoms with Crippen molar-refractivity contribution >= 4 is 23.3 Å². The molecule has 8 heteroatoms. The second-order valence-corrected chi connectivity index (χ2v) is 14.4. The smallest absolute Gasteiger partial charge is 0.303 e. The summed E-state index contributed by atoms with van der Waals surface area (Å²) in [5, 5.41) is 33.8. The minimum atomic E-state index is -2.00. The van der Waals surface area contributed by atoms with E-state index in [4.69, 9.17) is 4.74 Å². The zero-order chi connectivity index (χ0) is 30.4. The average molecular weight is 557 g/mol. The molecule has 8 nitrogen and oxygen atoms in total. The van der Waals surface area contributed by atoms with Gasteiger partial charge in [0.25, 0.3) is 0 Å². The van der Waals surface area contributed by atoms with Crippen LogP contribution < -0.4 is 0 Å². The lowest BCUT2D eigenvalue weighted by atomic mass is 9.39. The molecule has 8 atom stereocenters. The lowest BCUT2D eigenvalue weighted by Gasteiger charge is -2.63. The van der Waals surface area contributed by atoms with Crippen molar-refractivity contribution < 1.29 is 39.2 Å². The summed E-state index contributed by atoms with van der Waals surface area (Å²) in [6.45, 7) is 15.3. The lowest BCUT2D eigenvalue weighted by Crippen LogP contribution is -2.64. The summed E-state index contributed by atoms with van der Waals surface area (Å²) in [4.78, 5) is 52.0. The Balaban J connectivity index is 1.76. The fraction of sp³-hybridized carbons (Fsp3) is 0.688. The van der Waals surface area contributed by atoms with Crippen LogP contribution in [0.4, 0.5) is 0 Å². The summed E-state index contributed by atoms with van der Waals surface area (Å²) in [5.41, 5.74) is -5.72. The van der Waals surface area contributed by atoms with Gasteiger partial charge in [-0.3, -0.25) is 19.2 Å². The van der Waals surface area contributed by atoms with E-state index in [0.29, 0.717) is 6.42 Å². The van der Waals surface area contributed by atoms with Gasteiger partial charge in [-0.1, -0.05) is 32.4 Å². The molecule has 0 heterocycles. The van der Waals surface area contributed by atoms with Crippen molar-refractivity contribution in [3.8, 4) is 0 Å². The van der Waals surface area contributed by atoms with Crippen LogP contribution in [0.15, 0.2) is 35.6 Å². The summed E-state index contributed by atoms with van der Waals surface area (Å²) >= 11 is 0. The normalized spacial score (nSPS) is 40.4. The Labute approximate surface area is 236 Å². The molecule has 0 radical (unpaired) electrons. The molecule has 2 saturated carbocycles. The van der Waals surface area contributed by atoms with Gasteiger partial charge >= 0.3 is 5.97 Å².